The molecule has 5 nitrogen and oxygen atoms in total. The van der Waals surface area contributed by atoms with E-state index in [0.717, 1.165) is 4.47 Å². The number of nitrogens with zero attached hydrogens (tertiary/aromatic N) is 2. The molecule has 1 aliphatic heterocycles. The van der Waals surface area contributed by atoms with Crippen LogP contribution in [-0.2, 0) is 9.84 Å². The number of carbonyl (C=O) groups excluding carboxylic acids is 1. The molecule has 92 valence electrons. The molecule has 17 heavy (non-hydrogen) atoms. The van der Waals surface area contributed by atoms with E-state index in [0.29, 0.717) is 5.69 Å². The maximum Gasteiger partial charge on any atom is 0.272 e. The van der Waals surface area contributed by atoms with Gasteiger partial charge in [-0.15, -0.1) is 0 Å². The fourth-order valence-electron chi connectivity index (χ4n) is 1.60. The molecule has 0 aliphatic carbocycles. The van der Waals surface area contributed by atoms with E-state index in [2.05, 4.69) is 20.9 Å². The quantitative estimate of drug-likeness (QED) is 0.765. The summed E-state index contributed by atoms with van der Waals surface area (Å²) in [6.45, 7) is 0.491. The normalized spacial score (nSPS) is 19.0. The first-order chi connectivity index (χ1) is 7.98. The first-order valence-corrected chi connectivity index (χ1v) is 7.71. The van der Waals surface area contributed by atoms with E-state index in [1.54, 1.807) is 12.1 Å². The molecule has 0 unspecified atom stereocenters. The van der Waals surface area contributed by atoms with Crippen LogP contribution in [0.1, 0.15) is 10.5 Å². The first-order valence-electron chi connectivity index (χ1n) is 5.09. The zero-order valence-corrected chi connectivity index (χ0v) is 11.4. The Kier molecular flexibility index (Phi) is 3.48. The van der Waals surface area contributed by atoms with Gasteiger partial charge < -0.3 is 4.90 Å². The lowest BCUT2D eigenvalue weighted by atomic mass is 10.3. The van der Waals surface area contributed by atoms with Gasteiger partial charge in [0, 0.05) is 23.8 Å². The molecule has 0 bridgehead atoms. The van der Waals surface area contributed by atoms with Crippen LogP contribution < -0.4 is 0 Å². The van der Waals surface area contributed by atoms with E-state index < -0.39 is 9.84 Å². The second-order valence-electron chi connectivity index (χ2n) is 3.80. The van der Waals surface area contributed by atoms with Crippen molar-refractivity contribution in [1.82, 2.24) is 9.88 Å². The maximum absolute atomic E-state index is 12.0. The largest absolute Gasteiger partial charge is 0.335 e. The van der Waals surface area contributed by atoms with Gasteiger partial charge in [0.2, 0.25) is 0 Å². The molecule has 0 aromatic carbocycles. The van der Waals surface area contributed by atoms with Gasteiger partial charge in [0.05, 0.1) is 11.5 Å². The van der Waals surface area contributed by atoms with Gasteiger partial charge in [0.1, 0.15) is 5.69 Å². The zero-order valence-electron chi connectivity index (χ0n) is 8.97. The van der Waals surface area contributed by atoms with Crippen LogP contribution in [0.25, 0.3) is 0 Å². The molecule has 1 fully saturated rings. The summed E-state index contributed by atoms with van der Waals surface area (Å²) < 4.78 is 23.3. The van der Waals surface area contributed by atoms with Crippen LogP contribution in [0.2, 0.25) is 0 Å². The van der Waals surface area contributed by atoms with Crippen molar-refractivity contribution in [2.75, 3.05) is 24.6 Å². The Morgan fingerprint density at radius 2 is 2.00 bits per heavy atom. The number of halogens is 1. The first kappa shape index (κ1) is 12.5. The number of amides is 1. The molecular formula is C10H11BrN2O3S. The van der Waals surface area contributed by atoms with Crippen molar-refractivity contribution in [3.63, 3.8) is 0 Å². The maximum atomic E-state index is 12.0. The second kappa shape index (κ2) is 4.73. The highest BCUT2D eigenvalue weighted by atomic mass is 79.9. The molecule has 0 saturated carbocycles. The van der Waals surface area contributed by atoms with Gasteiger partial charge in [-0.1, -0.05) is 15.9 Å². The van der Waals surface area contributed by atoms with E-state index in [1.165, 1.54) is 11.1 Å². The van der Waals surface area contributed by atoms with Gasteiger partial charge in [-0.2, -0.15) is 0 Å². The summed E-state index contributed by atoms with van der Waals surface area (Å²) in [4.78, 5) is 17.5. The number of aromatic nitrogens is 1. The minimum Gasteiger partial charge on any atom is -0.335 e. The average molecular weight is 319 g/mol. The summed E-state index contributed by atoms with van der Waals surface area (Å²) in [6, 6.07) is 3.36. The number of rotatable bonds is 1. The smallest absolute Gasteiger partial charge is 0.272 e. The second-order valence-corrected chi connectivity index (χ2v) is 7.02. The SMILES string of the molecule is O=C(c1cc(Br)ccn1)N1CCS(=O)(=O)CC1. The van der Waals surface area contributed by atoms with Crippen molar-refractivity contribution in [2.45, 2.75) is 0 Å². The van der Waals surface area contributed by atoms with Gasteiger partial charge in [0.15, 0.2) is 9.84 Å². The highest BCUT2D eigenvalue weighted by Gasteiger charge is 2.26. The fourth-order valence-corrected chi connectivity index (χ4v) is 3.14. The van der Waals surface area contributed by atoms with Crippen molar-refractivity contribution >= 4 is 31.7 Å². The standard InChI is InChI=1S/C10H11BrN2O3S/c11-8-1-2-12-9(7-8)10(14)13-3-5-17(15,16)6-4-13/h1-2,7H,3-6H2. The zero-order chi connectivity index (χ0) is 12.5. The predicted molar refractivity (Wildman–Crippen MR) is 66.5 cm³/mol. The van der Waals surface area contributed by atoms with Crippen molar-refractivity contribution in [3.05, 3.63) is 28.5 Å². The van der Waals surface area contributed by atoms with E-state index in [4.69, 9.17) is 0 Å². The topological polar surface area (TPSA) is 67.3 Å². The molecule has 1 saturated heterocycles. The summed E-state index contributed by atoms with van der Waals surface area (Å²) in [5.74, 6) is -0.152. The van der Waals surface area contributed by atoms with Crippen LogP contribution in [0.15, 0.2) is 22.8 Å². The molecule has 1 amide bonds. The molecule has 0 radical (unpaired) electrons. The van der Waals surface area contributed by atoms with Crippen molar-refractivity contribution in [2.24, 2.45) is 0 Å². The summed E-state index contributed by atoms with van der Waals surface area (Å²) in [5.41, 5.74) is 0.332. The lowest BCUT2D eigenvalue weighted by Gasteiger charge is -2.26. The van der Waals surface area contributed by atoms with E-state index >= 15 is 0 Å². The molecule has 2 heterocycles. The van der Waals surface area contributed by atoms with Crippen LogP contribution in [0.4, 0.5) is 0 Å². The third-order valence-corrected chi connectivity index (χ3v) is 4.68. The molecular weight excluding hydrogens is 308 g/mol. The number of hydrogen-bond acceptors (Lipinski definition) is 4. The molecule has 7 heteroatoms. The lowest BCUT2D eigenvalue weighted by Crippen LogP contribution is -2.43. The van der Waals surface area contributed by atoms with Crippen LogP contribution in [0, 0.1) is 0 Å². The molecule has 2 rings (SSSR count). The van der Waals surface area contributed by atoms with Gasteiger partial charge in [-0.25, -0.2) is 8.42 Å². The average Bonchev–Trinajstić information content (AvgIpc) is 2.28. The van der Waals surface area contributed by atoms with Crippen molar-refractivity contribution in [3.8, 4) is 0 Å². The molecule has 1 aromatic rings. The third-order valence-electron chi connectivity index (χ3n) is 2.57. The predicted octanol–water partition coefficient (Wildman–Crippen LogP) is 0.715. The molecule has 0 N–H and O–H groups in total. The van der Waals surface area contributed by atoms with E-state index in [-0.39, 0.29) is 30.5 Å². The highest BCUT2D eigenvalue weighted by Crippen LogP contribution is 2.13. The van der Waals surface area contributed by atoms with Crippen LogP contribution in [0.5, 0.6) is 0 Å². The van der Waals surface area contributed by atoms with Gasteiger partial charge in [-0.05, 0) is 12.1 Å². The Labute approximate surface area is 108 Å². The number of sulfone groups is 1. The minimum absolute atomic E-state index is 0.0345. The van der Waals surface area contributed by atoms with E-state index in [1.807, 2.05) is 0 Å². The summed E-state index contributed by atoms with van der Waals surface area (Å²) >= 11 is 3.27. The summed E-state index contributed by atoms with van der Waals surface area (Å²) in [5, 5.41) is 0. The number of carbonyl (C=O) groups is 1. The molecule has 1 aliphatic rings. The summed E-state index contributed by atoms with van der Waals surface area (Å²) in [6.07, 6.45) is 1.54. The highest BCUT2D eigenvalue weighted by molar-refractivity contribution is 9.10. The Morgan fingerprint density at radius 1 is 1.35 bits per heavy atom. The van der Waals surface area contributed by atoms with Crippen molar-refractivity contribution < 1.29 is 13.2 Å². The Hall–Kier alpha value is -0.950. The third kappa shape index (κ3) is 3.04. The van der Waals surface area contributed by atoms with Crippen LogP contribution >= 0.6 is 15.9 Å². The molecule has 1 aromatic heterocycles. The minimum atomic E-state index is -2.96. The Balaban J connectivity index is 2.12. The molecule has 0 spiro atoms. The van der Waals surface area contributed by atoms with E-state index in [9.17, 15) is 13.2 Å². The van der Waals surface area contributed by atoms with Crippen molar-refractivity contribution in [1.29, 1.82) is 0 Å². The molecule has 0 atom stereocenters. The van der Waals surface area contributed by atoms with Gasteiger partial charge >= 0.3 is 0 Å². The monoisotopic (exact) mass is 318 g/mol. The fraction of sp³-hybridized carbons (Fsp3) is 0.400. The lowest BCUT2D eigenvalue weighted by molar-refractivity contribution is 0.0764. The summed E-state index contributed by atoms with van der Waals surface area (Å²) in [7, 11) is -2.96. The van der Waals surface area contributed by atoms with Crippen LogP contribution in [0.3, 0.4) is 0 Å². The number of hydrogen-bond donors (Lipinski definition) is 0. The van der Waals surface area contributed by atoms with Gasteiger partial charge in [-0.3, -0.25) is 9.78 Å². The van der Waals surface area contributed by atoms with Gasteiger partial charge in [0.25, 0.3) is 5.91 Å². The van der Waals surface area contributed by atoms with Crippen LogP contribution in [-0.4, -0.2) is 48.8 Å². The number of pyridine rings is 1. The Morgan fingerprint density at radius 3 is 2.59 bits per heavy atom. The Bertz CT molecular complexity index is 530.